The van der Waals surface area contributed by atoms with Crippen molar-refractivity contribution >= 4 is 10.9 Å². The molecule has 2 unspecified atom stereocenters. The minimum Gasteiger partial charge on any atom is -0.354 e. The number of likely N-dealkylation sites (tertiary alicyclic amines) is 1. The van der Waals surface area contributed by atoms with E-state index in [1.807, 2.05) is 0 Å². The summed E-state index contributed by atoms with van der Waals surface area (Å²) in [6.07, 6.45) is 2.47. The van der Waals surface area contributed by atoms with Gasteiger partial charge in [0, 0.05) is 23.5 Å². The molecule has 0 spiro atoms. The molecule has 1 fully saturated rings. The standard InChI is InChI=1S/C29H32N2/c1-20-10-9-11-21(2)28(20)24-16-17-31(22(3)18-24)19-26-25-14-7-8-15-27(25)30-29(26)23-12-5-4-6-13-23/h4-15,22,24,30H,16-19H2,1-3H3. The van der Waals surface area contributed by atoms with E-state index in [9.17, 15) is 0 Å². The molecule has 0 bridgehead atoms. The molecule has 1 N–H and O–H groups in total. The molecular formula is C29H32N2. The van der Waals surface area contributed by atoms with Gasteiger partial charge in [0.25, 0.3) is 0 Å². The van der Waals surface area contributed by atoms with Gasteiger partial charge in [0.1, 0.15) is 0 Å². The summed E-state index contributed by atoms with van der Waals surface area (Å²) in [7, 11) is 0. The van der Waals surface area contributed by atoms with E-state index in [2.05, 4.69) is 103 Å². The zero-order chi connectivity index (χ0) is 21.4. The largest absolute Gasteiger partial charge is 0.354 e. The number of para-hydroxylation sites is 1. The molecule has 5 rings (SSSR count). The average Bonchev–Trinajstić information content (AvgIpc) is 3.14. The Morgan fingerprint density at radius 1 is 0.871 bits per heavy atom. The summed E-state index contributed by atoms with van der Waals surface area (Å²) < 4.78 is 0. The molecule has 1 saturated heterocycles. The lowest BCUT2D eigenvalue weighted by Gasteiger charge is -2.39. The SMILES string of the molecule is Cc1cccc(C)c1C1CCN(Cc2c(-c3ccccc3)[nH]c3ccccc23)C(C)C1. The van der Waals surface area contributed by atoms with Crippen LogP contribution in [0.1, 0.15) is 47.9 Å². The Balaban J connectivity index is 1.43. The van der Waals surface area contributed by atoms with Crippen LogP contribution >= 0.6 is 0 Å². The van der Waals surface area contributed by atoms with Crippen LogP contribution in [0, 0.1) is 13.8 Å². The van der Waals surface area contributed by atoms with Crippen LogP contribution in [0.5, 0.6) is 0 Å². The van der Waals surface area contributed by atoms with Crippen molar-refractivity contribution in [1.29, 1.82) is 0 Å². The van der Waals surface area contributed by atoms with Crippen LogP contribution in [0.15, 0.2) is 72.8 Å². The van der Waals surface area contributed by atoms with E-state index in [1.165, 1.54) is 51.7 Å². The van der Waals surface area contributed by atoms with E-state index in [1.54, 1.807) is 5.56 Å². The predicted octanol–water partition coefficient (Wildman–Crippen LogP) is 7.22. The summed E-state index contributed by atoms with van der Waals surface area (Å²) in [5.74, 6) is 0.670. The number of rotatable bonds is 4. The molecule has 0 saturated carbocycles. The number of nitrogens with zero attached hydrogens (tertiary/aromatic N) is 1. The third-order valence-electron chi connectivity index (χ3n) is 7.20. The van der Waals surface area contributed by atoms with Crippen LogP contribution in [-0.2, 0) is 6.54 Å². The van der Waals surface area contributed by atoms with E-state index in [0.717, 1.165) is 13.1 Å². The Labute approximate surface area is 185 Å². The lowest BCUT2D eigenvalue weighted by atomic mass is 9.81. The van der Waals surface area contributed by atoms with Gasteiger partial charge in [0.15, 0.2) is 0 Å². The maximum Gasteiger partial charge on any atom is 0.0510 e. The lowest BCUT2D eigenvalue weighted by molar-refractivity contribution is 0.139. The summed E-state index contributed by atoms with van der Waals surface area (Å²) in [6.45, 7) is 9.11. The van der Waals surface area contributed by atoms with E-state index in [4.69, 9.17) is 0 Å². The smallest absolute Gasteiger partial charge is 0.0510 e. The second-order valence-electron chi connectivity index (χ2n) is 9.24. The van der Waals surface area contributed by atoms with Gasteiger partial charge < -0.3 is 4.98 Å². The number of aromatic nitrogens is 1. The summed E-state index contributed by atoms with van der Waals surface area (Å²) in [5, 5.41) is 1.35. The Bertz CT molecular complexity index is 1170. The molecule has 0 radical (unpaired) electrons. The van der Waals surface area contributed by atoms with Crippen LogP contribution in [0.2, 0.25) is 0 Å². The first-order chi connectivity index (χ1) is 15.1. The normalized spacial score (nSPS) is 19.7. The van der Waals surface area contributed by atoms with Crippen LogP contribution in [0.4, 0.5) is 0 Å². The average molecular weight is 409 g/mol. The molecule has 2 heterocycles. The molecule has 31 heavy (non-hydrogen) atoms. The number of benzene rings is 3. The van der Waals surface area contributed by atoms with Gasteiger partial charge in [-0.1, -0.05) is 66.7 Å². The highest BCUT2D eigenvalue weighted by Gasteiger charge is 2.29. The topological polar surface area (TPSA) is 19.0 Å². The Morgan fingerprint density at radius 2 is 1.58 bits per heavy atom. The predicted molar refractivity (Wildman–Crippen MR) is 131 cm³/mol. The van der Waals surface area contributed by atoms with Crippen molar-refractivity contribution in [3.05, 3.63) is 95.1 Å². The molecule has 2 nitrogen and oxygen atoms in total. The second-order valence-corrected chi connectivity index (χ2v) is 9.24. The minimum absolute atomic E-state index is 0.565. The quantitative estimate of drug-likeness (QED) is 0.378. The highest BCUT2D eigenvalue weighted by atomic mass is 15.2. The Hall–Kier alpha value is -2.84. The number of hydrogen-bond acceptors (Lipinski definition) is 1. The van der Waals surface area contributed by atoms with Gasteiger partial charge in [-0.05, 0) is 80.0 Å². The lowest BCUT2D eigenvalue weighted by Crippen LogP contribution is -2.39. The molecule has 0 aliphatic carbocycles. The van der Waals surface area contributed by atoms with Crippen molar-refractivity contribution in [2.45, 2.75) is 52.1 Å². The number of piperidine rings is 1. The molecule has 1 aliphatic heterocycles. The highest BCUT2D eigenvalue weighted by Crippen LogP contribution is 2.37. The molecule has 3 aromatic carbocycles. The first kappa shape index (κ1) is 20.1. The number of aryl methyl sites for hydroxylation is 2. The van der Waals surface area contributed by atoms with Gasteiger partial charge in [-0.15, -0.1) is 0 Å². The third-order valence-corrected chi connectivity index (χ3v) is 7.20. The zero-order valence-electron chi connectivity index (χ0n) is 18.9. The third kappa shape index (κ3) is 3.81. The van der Waals surface area contributed by atoms with E-state index < -0.39 is 0 Å². The van der Waals surface area contributed by atoms with Crippen molar-refractivity contribution in [1.82, 2.24) is 9.88 Å². The van der Waals surface area contributed by atoms with Gasteiger partial charge in [-0.25, -0.2) is 0 Å². The molecule has 1 aliphatic rings. The van der Waals surface area contributed by atoms with E-state index >= 15 is 0 Å². The fourth-order valence-corrected chi connectivity index (χ4v) is 5.61. The molecule has 0 amide bonds. The Kier molecular flexibility index (Phi) is 5.41. The maximum atomic E-state index is 3.71. The summed E-state index contributed by atoms with van der Waals surface area (Å²) >= 11 is 0. The summed E-state index contributed by atoms with van der Waals surface area (Å²) in [6, 6.07) is 26.8. The van der Waals surface area contributed by atoms with Crippen molar-refractivity contribution in [2.24, 2.45) is 0 Å². The number of hydrogen-bond donors (Lipinski definition) is 1. The zero-order valence-corrected chi connectivity index (χ0v) is 18.9. The molecule has 2 atom stereocenters. The fourth-order valence-electron chi connectivity index (χ4n) is 5.61. The van der Waals surface area contributed by atoms with Crippen LogP contribution < -0.4 is 0 Å². The fraction of sp³-hybridized carbons (Fsp3) is 0.310. The Morgan fingerprint density at radius 3 is 2.32 bits per heavy atom. The van der Waals surface area contributed by atoms with Gasteiger partial charge in [-0.3, -0.25) is 4.90 Å². The monoisotopic (exact) mass is 408 g/mol. The van der Waals surface area contributed by atoms with Crippen molar-refractivity contribution in [2.75, 3.05) is 6.54 Å². The van der Waals surface area contributed by atoms with Crippen molar-refractivity contribution in [3.8, 4) is 11.3 Å². The van der Waals surface area contributed by atoms with Crippen LogP contribution in [0.3, 0.4) is 0 Å². The number of H-pyrrole nitrogens is 1. The molecular weight excluding hydrogens is 376 g/mol. The van der Waals surface area contributed by atoms with Crippen molar-refractivity contribution in [3.63, 3.8) is 0 Å². The number of nitrogens with one attached hydrogen (secondary N) is 1. The summed E-state index contributed by atoms with van der Waals surface area (Å²) in [4.78, 5) is 6.39. The first-order valence-electron chi connectivity index (χ1n) is 11.6. The van der Waals surface area contributed by atoms with Crippen molar-refractivity contribution < 1.29 is 0 Å². The van der Waals surface area contributed by atoms with Gasteiger partial charge in [0.05, 0.1) is 5.69 Å². The van der Waals surface area contributed by atoms with Gasteiger partial charge in [-0.2, -0.15) is 0 Å². The van der Waals surface area contributed by atoms with E-state index in [0.29, 0.717) is 12.0 Å². The number of aromatic amines is 1. The first-order valence-corrected chi connectivity index (χ1v) is 11.6. The van der Waals surface area contributed by atoms with Gasteiger partial charge in [0.2, 0.25) is 0 Å². The second kappa shape index (κ2) is 8.36. The molecule has 2 heteroatoms. The van der Waals surface area contributed by atoms with Crippen LogP contribution in [-0.4, -0.2) is 22.5 Å². The minimum atomic E-state index is 0.565. The van der Waals surface area contributed by atoms with Crippen LogP contribution in [0.25, 0.3) is 22.2 Å². The molecule has 4 aromatic rings. The summed E-state index contributed by atoms with van der Waals surface area (Å²) in [5.41, 5.74) is 9.69. The maximum absolute atomic E-state index is 3.71. The van der Waals surface area contributed by atoms with E-state index in [-0.39, 0.29) is 0 Å². The molecule has 158 valence electrons. The molecule has 1 aromatic heterocycles. The van der Waals surface area contributed by atoms with Gasteiger partial charge >= 0.3 is 0 Å². The highest BCUT2D eigenvalue weighted by molar-refractivity contribution is 5.90. The number of fused-ring (bicyclic) bond motifs is 1.